The van der Waals surface area contributed by atoms with Crippen molar-refractivity contribution < 1.29 is 5.11 Å². The van der Waals surface area contributed by atoms with Gasteiger partial charge in [0.1, 0.15) is 5.75 Å². The zero-order chi connectivity index (χ0) is 12.1. The van der Waals surface area contributed by atoms with E-state index < -0.39 is 0 Å². The van der Waals surface area contributed by atoms with Gasteiger partial charge in [-0.1, -0.05) is 12.1 Å². The second-order valence-electron chi connectivity index (χ2n) is 3.32. The van der Waals surface area contributed by atoms with Gasteiger partial charge in [-0.2, -0.15) is 0 Å². The molecule has 0 unspecified atom stereocenters. The van der Waals surface area contributed by atoms with Crippen LogP contribution in [0.15, 0.2) is 28.9 Å². The summed E-state index contributed by atoms with van der Waals surface area (Å²) in [6.07, 6.45) is 1.97. The van der Waals surface area contributed by atoms with Crippen molar-refractivity contribution >= 4 is 23.4 Å². The Balaban J connectivity index is 3.23. The third-order valence-electron chi connectivity index (χ3n) is 2.34. The number of benzene rings is 1. The van der Waals surface area contributed by atoms with Crippen LogP contribution in [0.3, 0.4) is 0 Å². The molecule has 3 nitrogen and oxygen atoms in total. The average molecular weight is 236 g/mol. The van der Waals surface area contributed by atoms with Crippen molar-refractivity contribution in [3.8, 4) is 5.75 Å². The van der Waals surface area contributed by atoms with Crippen LogP contribution in [0, 0.1) is 0 Å². The van der Waals surface area contributed by atoms with Crippen LogP contribution in [-0.4, -0.2) is 18.1 Å². The van der Waals surface area contributed by atoms with Crippen LogP contribution in [0.1, 0.15) is 18.1 Å². The fraction of sp³-hybridized carbons (Fsp3) is 0.250. The summed E-state index contributed by atoms with van der Waals surface area (Å²) in [4.78, 5) is 4.92. The first-order valence-electron chi connectivity index (χ1n) is 4.88. The monoisotopic (exact) mass is 236 g/mol. The Kier molecular flexibility index (Phi) is 4.58. The number of thioether (sulfide) groups is 1. The zero-order valence-electron chi connectivity index (χ0n) is 9.53. The molecule has 86 valence electrons. The van der Waals surface area contributed by atoms with Gasteiger partial charge < -0.3 is 10.8 Å². The van der Waals surface area contributed by atoms with Gasteiger partial charge in [-0.3, -0.25) is 4.99 Å². The third-order valence-corrected chi connectivity index (χ3v) is 3.28. The Morgan fingerprint density at radius 1 is 1.56 bits per heavy atom. The lowest BCUT2D eigenvalue weighted by atomic mass is 10.1. The Hall–Kier alpha value is -1.26. The number of phenolic OH excluding ortho intramolecular Hbond substituents is 1. The molecule has 16 heavy (non-hydrogen) atoms. The van der Waals surface area contributed by atoms with Crippen molar-refractivity contribution in [2.45, 2.75) is 13.5 Å². The molecule has 0 aromatic heterocycles. The quantitative estimate of drug-likeness (QED) is 0.790. The number of allylic oxidation sites excluding steroid dienone is 1. The largest absolute Gasteiger partial charge is 0.508 e. The molecule has 1 rings (SSSR count). The Morgan fingerprint density at radius 2 is 2.25 bits per heavy atom. The summed E-state index contributed by atoms with van der Waals surface area (Å²) in [6, 6.07) is 5.47. The number of hydrogen-bond donors (Lipinski definition) is 2. The van der Waals surface area contributed by atoms with E-state index in [1.165, 1.54) is 0 Å². The van der Waals surface area contributed by atoms with Gasteiger partial charge in [0, 0.05) is 17.0 Å². The highest BCUT2D eigenvalue weighted by Crippen LogP contribution is 2.32. The summed E-state index contributed by atoms with van der Waals surface area (Å²) in [5.41, 5.74) is 8.02. The molecule has 0 saturated carbocycles. The van der Waals surface area contributed by atoms with Crippen molar-refractivity contribution in [2.24, 2.45) is 10.7 Å². The molecule has 0 bridgehead atoms. The zero-order valence-corrected chi connectivity index (χ0v) is 10.3. The first-order chi connectivity index (χ1) is 7.63. The molecule has 0 aliphatic heterocycles. The molecule has 1 aromatic rings. The van der Waals surface area contributed by atoms with Gasteiger partial charge in [-0.15, -0.1) is 11.8 Å². The van der Waals surface area contributed by atoms with Crippen molar-refractivity contribution in [2.75, 3.05) is 6.26 Å². The predicted molar refractivity (Wildman–Crippen MR) is 71.7 cm³/mol. The van der Waals surface area contributed by atoms with Crippen LogP contribution in [0.4, 0.5) is 0 Å². The molecule has 0 saturated heterocycles. The lowest BCUT2D eigenvalue weighted by molar-refractivity contribution is 0.468. The van der Waals surface area contributed by atoms with Gasteiger partial charge in [0.15, 0.2) is 0 Å². The van der Waals surface area contributed by atoms with Crippen LogP contribution in [0.25, 0.3) is 4.91 Å². The molecular formula is C12H16N2OS. The van der Waals surface area contributed by atoms with E-state index >= 15 is 0 Å². The lowest BCUT2D eigenvalue weighted by Gasteiger charge is -2.09. The molecule has 0 radical (unpaired) electrons. The smallest absolute Gasteiger partial charge is 0.120 e. The summed E-state index contributed by atoms with van der Waals surface area (Å²) in [6.45, 7) is 5.74. The van der Waals surface area contributed by atoms with Gasteiger partial charge in [0.05, 0.1) is 5.70 Å². The Morgan fingerprint density at radius 3 is 2.69 bits per heavy atom. The van der Waals surface area contributed by atoms with E-state index in [2.05, 4.69) is 11.7 Å². The number of aromatic hydroxyl groups is 1. The highest BCUT2D eigenvalue weighted by atomic mass is 32.2. The normalized spacial score (nSPS) is 12.2. The second kappa shape index (κ2) is 5.72. The molecule has 1 aromatic carbocycles. The van der Waals surface area contributed by atoms with Crippen molar-refractivity contribution in [3.05, 3.63) is 35.0 Å². The van der Waals surface area contributed by atoms with E-state index in [-0.39, 0.29) is 5.75 Å². The third kappa shape index (κ3) is 2.65. The van der Waals surface area contributed by atoms with E-state index in [9.17, 15) is 5.11 Å². The highest BCUT2D eigenvalue weighted by molar-refractivity contribution is 8.07. The van der Waals surface area contributed by atoms with Gasteiger partial charge >= 0.3 is 0 Å². The first kappa shape index (κ1) is 12.8. The summed E-state index contributed by atoms with van der Waals surface area (Å²) >= 11 is 1.58. The number of hydrogen-bond acceptors (Lipinski definition) is 4. The van der Waals surface area contributed by atoms with Crippen LogP contribution < -0.4 is 5.73 Å². The maximum absolute atomic E-state index is 9.73. The second-order valence-corrected chi connectivity index (χ2v) is 4.14. The van der Waals surface area contributed by atoms with E-state index in [1.54, 1.807) is 17.8 Å². The Labute approximate surface area is 100 Å². The first-order valence-corrected chi connectivity index (χ1v) is 6.10. The van der Waals surface area contributed by atoms with Gasteiger partial charge in [0.2, 0.25) is 0 Å². The molecule has 3 N–H and O–H groups in total. The van der Waals surface area contributed by atoms with Crippen LogP contribution in [0.2, 0.25) is 0 Å². The highest BCUT2D eigenvalue weighted by Gasteiger charge is 2.07. The molecule has 0 atom stereocenters. The topological polar surface area (TPSA) is 58.6 Å². The van der Waals surface area contributed by atoms with Crippen LogP contribution in [-0.2, 0) is 6.54 Å². The van der Waals surface area contributed by atoms with Gasteiger partial charge in [-0.05, 0) is 31.5 Å². The number of rotatable bonds is 4. The van der Waals surface area contributed by atoms with Crippen LogP contribution >= 0.6 is 11.8 Å². The van der Waals surface area contributed by atoms with E-state index in [4.69, 9.17) is 5.73 Å². The van der Waals surface area contributed by atoms with E-state index in [0.717, 1.165) is 21.7 Å². The standard InChI is InChI=1S/C12H16N2OS/c1-8(14-2)12(16-3)9-4-5-10(7-13)11(15)6-9/h4-6,15H,2,7,13H2,1,3H3. The minimum Gasteiger partial charge on any atom is -0.508 e. The van der Waals surface area contributed by atoms with Crippen molar-refractivity contribution in [1.82, 2.24) is 0 Å². The van der Waals surface area contributed by atoms with Crippen molar-refractivity contribution in [1.29, 1.82) is 0 Å². The molecule has 4 heteroatoms. The molecular weight excluding hydrogens is 220 g/mol. The summed E-state index contributed by atoms with van der Waals surface area (Å²) < 4.78 is 0. The van der Waals surface area contributed by atoms with Gasteiger partial charge in [-0.25, -0.2) is 0 Å². The number of phenols is 1. The summed E-state index contributed by atoms with van der Waals surface area (Å²) in [5.74, 6) is 0.225. The molecule has 0 heterocycles. The minimum atomic E-state index is 0.225. The number of aliphatic imine (C=N–C) groups is 1. The predicted octanol–water partition coefficient (Wildman–Crippen LogP) is 2.60. The molecule has 0 fully saturated rings. The average Bonchev–Trinajstić information content (AvgIpc) is 2.30. The van der Waals surface area contributed by atoms with E-state index in [1.807, 2.05) is 25.3 Å². The minimum absolute atomic E-state index is 0.225. The van der Waals surface area contributed by atoms with Crippen LogP contribution in [0.5, 0.6) is 5.75 Å². The Bertz CT molecular complexity index is 427. The molecule has 0 spiro atoms. The number of nitrogens with two attached hydrogens (primary N) is 1. The van der Waals surface area contributed by atoms with Gasteiger partial charge in [0.25, 0.3) is 0 Å². The lowest BCUT2D eigenvalue weighted by Crippen LogP contribution is -1.97. The maximum atomic E-state index is 9.73. The van der Waals surface area contributed by atoms with E-state index in [0.29, 0.717) is 6.54 Å². The number of nitrogens with zero attached hydrogens (tertiary/aromatic N) is 1. The maximum Gasteiger partial charge on any atom is 0.120 e. The molecule has 0 aliphatic carbocycles. The van der Waals surface area contributed by atoms with Crippen molar-refractivity contribution in [3.63, 3.8) is 0 Å². The fourth-order valence-corrected chi connectivity index (χ4v) is 2.15. The molecule has 0 amide bonds. The SMILES string of the molecule is C=NC(C)=C(SC)c1ccc(CN)c(O)c1. The summed E-state index contributed by atoms with van der Waals surface area (Å²) in [7, 11) is 0. The summed E-state index contributed by atoms with van der Waals surface area (Å²) in [5, 5.41) is 9.73. The fourth-order valence-electron chi connectivity index (χ4n) is 1.42. The molecule has 0 aliphatic rings.